The fraction of sp³-hybridized carbons (Fsp3) is 0.400. The van der Waals surface area contributed by atoms with Gasteiger partial charge in [0.2, 0.25) is 0 Å². The molecular weight excluding hydrogens is 222 g/mol. The fourth-order valence-electron chi connectivity index (χ4n) is 2.45. The molecule has 6 heteroatoms. The van der Waals surface area contributed by atoms with Crippen LogP contribution in [0.5, 0.6) is 0 Å². The molecule has 0 atom stereocenters. The van der Waals surface area contributed by atoms with Gasteiger partial charge >= 0.3 is 0 Å². The van der Waals surface area contributed by atoms with Crippen molar-refractivity contribution in [2.45, 2.75) is 26.2 Å². The van der Waals surface area contributed by atoms with Crippen LogP contribution < -0.4 is 0 Å². The Morgan fingerprint density at radius 3 is 3.19 bits per heavy atom. The maximum absolute atomic E-state index is 4.58. The topological polar surface area (TPSA) is 56.0 Å². The van der Waals surface area contributed by atoms with E-state index in [2.05, 4.69) is 20.5 Å². The number of hydrogen-bond acceptors (Lipinski definition) is 5. The van der Waals surface area contributed by atoms with E-state index in [9.17, 15) is 0 Å². The summed E-state index contributed by atoms with van der Waals surface area (Å²) in [6.07, 6.45) is 3.57. The lowest BCUT2D eigenvalue weighted by atomic mass is 10.2. The van der Waals surface area contributed by atoms with E-state index in [-0.39, 0.29) is 0 Å². The van der Waals surface area contributed by atoms with E-state index in [1.807, 2.05) is 6.92 Å². The van der Waals surface area contributed by atoms with E-state index in [4.69, 9.17) is 0 Å². The lowest BCUT2D eigenvalue weighted by Gasteiger charge is -1.98. The monoisotopic (exact) mass is 231 g/mol. The second-order valence-corrected chi connectivity index (χ2v) is 5.19. The maximum atomic E-state index is 4.58. The summed E-state index contributed by atoms with van der Waals surface area (Å²) >= 11 is 1.80. The highest BCUT2D eigenvalue weighted by Crippen LogP contribution is 2.37. The van der Waals surface area contributed by atoms with Crippen LogP contribution in [0.4, 0.5) is 0 Å². The minimum Gasteiger partial charge on any atom is -0.222 e. The first-order valence-electron chi connectivity index (χ1n) is 5.33. The molecule has 3 aromatic heterocycles. The predicted molar refractivity (Wildman–Crippen MR) is 60.7 cm³/mol. The van der Waals surface area contributed by atoms with Crippen LogP contribution >= 0.6 is 11.3 Å². The van der Waals surface area contributed by atoms with Crippen LogP contribution in [-0.4, -0.2) is 25.0 Å². The van der Waals surface area contributed by atoms with Gasteiger partial charge in [0.25, 0.3) is 0 Å². The standard InChI is InChI=1S/C10H9N5S/c1-5-11-10-8(9-12-13-14-15(5)9)6-3-2-4-7(6)16-10/h2-4H2,1H3. The minimum atomic E-state index is 0.854. The van der Waals surface area contributed by atoms with Crippen molar-refractivity contribution in [3.8, 4) is 0 Å². The summed E-state index contributed by atoms with van der Waals surface area (Å²) in [6, 6.07) is 0. The van der Waals surface area contributed by atoms with E-state index >= 15 is 0 Å². The van der Waals surface area contributed by atoms with Gasteiger partial charge in [0, 0.05) is 4.88 Å². The summed E-state index contributed by atoms with van der Waals surface area (Å²) in [5.41, 5.74) is 2.29. The average molecular weight is 231 g/mol. The first-order chi connectivity index (χ1) is 7.84. The highest BCUT2D eigenvalue weighted by molar-refractivity contribution is 7.19. The molecule has 80 valence electrons. The maximum Gasteiger partial charge on any atom is 0.191 e. The van der Waals surface area contributed by atoms with E-state index in [0.717, 1.165) is 22.7 Å². The van der Waals surface area contributed by atoms with Gasteiger partial charge in [-0.2, -0.15) is 4.52 Å². The molecule has 0 fully saturated rings. The molecule has 4 rings (SSSR count). The van der Waals surface area contributed by atoms with Gasteiger partial charge in [0.05, 0.1) is 5.39 Å². The molecule has 0 N–H and O–H groups in total. The van der Waals surface area contributed by atoms with Crippen molar-refractivity contribution in [3.63, 3.8) is 0 Å². The van der Waals surface area contributed by atoms with Crippen molar-refractivity contribution in [2.75, 3.05) is 0 Å². The van der Waals surface area contributed by atoms with Gasteiger partial charge in [0.15, 0.2) is 5.65 Å². The zero-order valence-corrected chi connectivity index (χ0v) is 9.58. The highest BCUT2D eigenvalue weighted by atomic mass is 32.1. The van der Waals surface area contributed by atoms with Crippen molar-refractivity contribution < 1.29 is 0 Å². The second kappa shape index (κ2) is 2.76. The SMILES string of the molecule is Cc1nc2sc3c(c2c2nnnn12)CCC3. The molecule has 0 spiro atoms. The van der Waals surface area contributed by atoms with Crippen molar-refractivity contribution in [3.05, 3.63) is 16.3 Å². The van der Waals surface area contributed by atoms with Crippen LogP contribution in [0.2, 0.25) is 0 Å². The van der Waals surface area contributed by atoms with Crippen LogP contribution in [0.15, 0.2) is 0 Å². The number of nitrogens with zero attached hydrogens (tertiary/aromatic N) is 5. The van der Waals surface area contributed by atoms with Crippen molar-refractivity contribution in [1.29, 1.82) is 0 Å². The van der Waals surface area contributed by atoms with E-state index < -0.39 is 0 Å². The third-order valence-corrected chi connectivity index (χ3v) is 4.35. The number of aromatic nitrogens is 5. The number of hydrogen-bond donors (Lipinski definition) is 0. The van der Waals surface area contributed by atoms with Gasteiger partial charge in [-0.05, 0) is 42.2 Å². The number of aryl methyl sites for hydroxylation is 3. The van der Waals surface area contributed by atoms with Crippen molar-refractivity contribution >= 4 is 27.2 Å². The number of tetrazole rings is 1. The number of fused-ring (bicyclic) bond motifs is 5. The summed E-state index contributed by atoms with van der Waals surface area (Å²) < 4.78 is 1.73. The summed E-state index contributed by atoms with van der Waals surface area (Å²) in [7, 11) is 0. The van der Waals surface area contributed by atoms with Gasteiger partial charge in [-0.15, -0.1) is 16.4 Å². The molecule has 3 aromatic rings. The van der Waals surface area contributed by atoms with Gasteiger partial charge in [-0.3, -0.25) is 0 Å². The molecule has 1 aliphatic carbocycles. The quantitative estimate of drug-likeness (QED) is 0.588. The Balaban J connectivity index is 2.30. The lowest BCUT2D eigenvalue weighted by Crippen LogP contribution is -1.97. The normalized spacial score (nSPS) is 15.1. The summed E-state index contributed by atoms with van der Waals surface area (Å²) in [5, 5.41) is 13.0. The third-order valence-electron chi connectivity index (χ3n) is 3.17. The van der Waals surface area contributed by atoms with E-state index in [1.54, 1.807) is 15.9 Å². The Morgan fingerprint density at radius 1 is 1.31 bits per heavy atom. The Hall–Kier alpha value is -1.56. The van der Waals surface area contributed by atoms with E-state index in [1.165, 1.54) is 28.7 Å². The summed E-state index contributed by atoms with van der Waals surface area (Å²) in [5.74, 6) is 0.854. The van der Waals surface area contributed by atoms with Gasteiger partial charge in [-0.25, -0.2) is 4.98 Å². The molecule has 1 aliphatic rings. The fourth-order valence-corrected chi connectivity index (χ4v) is 3.76. The lowest BCUT2D eigenvalue weighted by molar-refractivity contribution is 0.786. The molecule has 0 saturated carbocycles. The van der Waals surface area contributed by atoms with Gasteiger partial charge in [0.1, 0.15) is 10.7 Å². The third kappa shape index (κ3) is 0.904. The van der Waals surface area contributed by atoms with Gasteiger partial charge < -0.3 is 0 Å². The van der Waals surface area contributed by atoms with Crippen LogP contribution in [0.1, 0.15) is 22.7 Å². The minimum absolute atomic E-state index is 0.854. The smallest absolute Gasteiger partial charge is 0.191 e. The van der Waals surface area contributed by atoms with Crippen LogP contribution in [0, 0.1) is 6.92 Å². The Morgan fingerprint density at radius 2 is 2.25 bits per heavy atom. The van der Waals surface area contributed by atoms with Crippen LogP contribution in [0.25, 0.3) is 15.9 Å². The van der Waals surface area contributed by atoms with Gasteiger partial charge in [-0.1, -0.05) is 0 Å². The van der Waals surface area contributed by atoms with Crippen LogP contribution in [0.3, 0.4) is 0 Å². The molecule has 0 saturated heterocycles. The molecule has 16 heavy (non-hydrogen) atoms. The molecule has 0 unspecified atom stereocenters. The molecule has 0 bridgehead atoms. The van der Waals surface area contributed by atoms with Crippen LogP contribution in [-0.2, 0) is 12.8 Å². The predicted octanol–water partition coefficient (Wildman–Crippen LogP) is 1.53. The van der Waals surface area contributed by atoms with E-state index in [0.29, 0.717) is 0 Å². The zero-order chi connectivity index (χ0) is 10.7. The van der Waals surface area contributed by atoms with Crippen molar-refractivity contribution in [2.24, 2.45) is 0 Å². The number of rotatable bonds is 0. The highest BCUT2D eigenvalue weighted by Gasteiger charge is 2.22. The Labute approximate surface area is 95.1 Å². The second-order valence-electron chi connectivity index (χ2n) is 4.11. The molecule has 0 aromatic carbocycles. The summed E-state index contributed by atoms with van der Waals surface area (Å²) in [6.45, 7) is 1.94. The Bertz CT molecular complexity index is 711. The molecular formula is C10H9N5S. The first-order valence-corrected chi connectivity index (χ1v) is 6.15. The first kappa shape index (κ1) is 8.58. The molecule has 0 aliphatic heterocycles. The largest absolute Gasteiger partial charge is 0.222 e. The molecule has 3 heterocycles. The van der Waals surface area contributed by atoms with Crippen molar-refractivity contribution in [1.82, 2.24) is 25.0 Å². The summed E-state index contributed by atoms with van der Waals surface area (Å²) in [4.78, 5) is 7.14. The average Bonchev–Trinajstić information content (AvgIpc) is 2.87. The zero-order valence-electron chi connectivity index (χ0n) is 8.77. The number of thiophene rings is 1. The molecule has 5 nitrogen and oxygen atoms in total. The molecule has 0 radical (unpaired) electrons. The Kier molecular flexibility index (Phi) is 1.48. The molecule has 0 amide bonds.